The number of hydrogen-bond donors (Lipinski definition) is 2. The van der Waals surface area contributed by atoms with Gasteiger partial charge in [0.05, 0.1) is 0 Å². The molecule has 0 aliphatic rings. The summed E-state index contributed by atoms with van der Waals surface area (Å²) < 4.78 is 1.66. The van der Waals surface area contributed by atoms with Crippen molar-refractivity contribution in [1.29, 1.82) is 0 Å². The Hall–Kier alpha value is -1.43. The van der Waals surface area contributed by atoms with Gasteiger partial charge in [-0.3, -0.25) is 9.48 Å². The van der Waals surface area contributed by atoms with Gasteiger partial charge < -0.3 is 11.1 Å². The van der Waals surface area contributed by atoms with Gasteiger partial charge in [0.2, 0.25) is 5.91 Å². The molecule has 0 aromatic carbocycles. The van der Waals surface area contributed by atoms with Crippen molar-refractivity contribution >= 4 is 5.91 Å². The van der Waals surface area contributed by atoms with Crippen LogP contribution in [-0.2, 0) is 18.3 Å². The van der Waals surface area contributed by atoms with Gasteiger partial charge in [-0.2, -0.15) is 5.10 Å². The summed E-state index contributed by atoms with van der Waals surface area (Å²) in [5.41, 5.74) is 5.54. The molecule has 1 heterocycles. The van der Waals surface area contributed by atoms with E-state index in [1.807, 2.05) is 7.05 Å². The maximum Gasteiger partial charge on any atom is 0.220 e. The average molecular weight is 267 g/mol. The first-order chi connectivity index (χ1) is 9.15. The van der Waals surface area contributed by atoms with Gasteiger partial charge >= 0.3 is 0 Å². The second-order valence-electron chi connectivity index (χ2n) is 4.82. The van der Waals surface area contributed by atoms with Gasteiger partial charge in [0, 0.05) is 26.4 Å². The fourth-order valence-electron chi connectivity index (χ4n) is 2.02. The molecule has 6 heteroatoms. The SMILES string of the molecule is CCC(CCN)CCC(=O)NCCc1ncn(C)n1. The molecule has 0 radical (unpaired) electrons. The smallest absolute Gasteiger partial charge is 0.220 e. The van der Waals surface area contributed by atoms with Crippen LogP contribution in [0.5, 0.6) is 0 Å². The van der Waals surface area contributed by atoms with Crippen molar-refractivity contribution in [2.75, 3.05) is 13.1 Å². The van der Waals surface area contributed by atoms with Crippen LogP contribution in [0.15, 0.2) is 6.33 Å². The second-order valence-corrected chi connectivity index (χ2v) is 4.82. The lowest BCUT2D eigenvalue weighted by molar-refractivity contribution is -0.121. The molecule has 19 heavy (non-hydrogen) atoms. The minimum absolute atomic E-state index is 0.103. The Kier molecular flexibility index (Phi) is 7.10. The fourth-order valence-corrected chi connectivity index (χ4v) is 2.02. The third kappa shape index (κ3) is 6.33. The van der Waals surface area contributed by atoms with E-state index >= 15 is 0 Å². The number of rotatable bonds is 9. The molecule has 0 saturated carbocycles. The quantitative estimate of drug-likeness (QED) is 0.687. The van der Waals surface area contributed by atoms with Gasteiger partial charge in [0.25, 0.3) is 0 Å². The molecule has 1 unspecified atom stereocenters. The Morgan fingerprint density at radius 1 is 1.53 bits per heavy atom. The highest BCUT2D eigenvalue weighted by Gasteiger charge is 2.09. The van der Waals surface area contributed by atoms with E-state index in [0.29, 0.717) is 31.8 Å². The molecule has 0 fully saturated rings. The molecule has 1 atom stereocenters. The summed E-state index contributed by atoms with van der Waals surface area (Å²) in [4.78, 5) is 15.8. The largest absolute Gasteiger partial charge is 0.356 e. The minimum Gasteiger partial charge on any atom is -0.356 e. The topological polar surface area (TPSA) is 85.8 Å². The first kappa shape index (κ1) is 15.6. The van der Waals surface area contributed by atoms with Crippen LogP contribution in [-0.4, -0.2) is 33.8 Å². The lowest BCUT2D eigenvalue weighted by atomic mass is 9.96. The van der Waals surface area contributed by atoms with E-state index in [1.165, 1.54) is 0 Å². The van der Waals surface area contributed by atoms with E-state index in [0.717, 1.165) is 25.1 Å². The molecule has 0 aliphatic carbocycles. The van der Waals surface area contributed by atoms with Crippen LogP contribution in [0.4, 0.5) is 0 Å². The van der Waals surface area contributed by atoms with Crippen LogP contribution in [0.3, 0.4) is 0 Å². The van der Waals surface area contributed by atoms with Crippen molar-refractivity contribution < 1.29 is 4.79 Å². The zero-order valence-corrected chi connectivity index (χ0v) is 11.9. The van der Waals surface area contributed by atoms with Crippen molar-refractivity contribution in [3.05, 3.63) is 12.2 Å². The van der Waals surface area contributed by atoms with Gasteiger partial charge in [-0.05, 0) is 25.3 Å². The number of nitrogens with one attached hydrogen (secondary N) is 1. The lowest BCUT2D eigenvalue weighted by Gasteiger charge is -2.12. The normalized spacial score (nSPS) is 12.4. The predicted molar refractivity (Wildman–Crippen MR) is 74.4 cm³/mol. The Bertz CT molecular complexity index is 377. The number of nitrogens with two attached hydrogens (primary N) is 1. The molecule has 6 nitrogen and oxygen atoms in total. The summed E-state index contributed by atoms with van der Waals surface area (Å²) in [7, 11) is 1.83. The monoisotopic (exact) mass is 267 g/mol. The summed E-state index contributed by atoms with van der Waals surface area (Å²) in [5, 5.41) is 7.06. The predicted octanol–water partition coefficient (Wildman–Crippen LogP) is 0.629. The molecular weight excluding hydrogens is 242 g/mol. The molecule has 108 valence electrons. The third-order valence-electron chi connectivity index (χ3n) is 3.25. The number of aryl methyl sites for hydroxylation is 1. The molecule has 1 aromatic rings. The summed E-state index contributed by atoms with van der Waals surface area (Å²) in [5.74, 6) is 1.43. The molecule has 1 rings (SSSR count). The zero-order valence-electron chi connectivity index (χ0n) is 11.9. The van der Waals surface area contributed by atoms with Gasteiger partial charge in [-0.15, -0.1) is 0 Å². The molecule has 0 bridgehead atoms. The number of amides is 1. The number of carbonyl (C=O) groups is 1. The van der Waals surface area contributed by atoms with Gasteiger partial charge in [0.1, 0.15) is 6.33 Å². The van der Waals surface area contributed by atoms with E-state index in [4.69, 9.17) is 5.73 Å². The van der Waals surface area contributed by atoms with Gasteiger partial charge in [-0.1, -0.05) is 13.3 Å². The Morgan fingerprint density at radius 2 is 2.32 bits per heavy atom. The summed E-state index contributed by atoms with van der Waals surface area (Å²) in [6.07, 6.45) is 5.92. The van der Waals surface area contributed by atoms with E-state index in [9.17, 15) is 4.79 Å². The first-order valence-corrected chi connectivity index (χ1v) is 6.97. The average Bonchev–Trinajstić information content (AvgIpc) is 2.80. The van der Waals surface area contributed by atoms with Crippen LogP contribution < -0.4 is 11.1 Å². The van der Waals surface area contributed by atoms with Gasteiger partial charge in [-0.25, -0.2) is 4.98 Å². The number of carbonyl (C=O) groups excluding carboxylic acids is 1. The Morgan fingerprint density at radius 3 is 2.89 bits per heavy atom. The second kappa shape index (κ2) is 8.63. The fraction of sp³-hybridized carbons (Fsp3) is 0.769. The summed E-state index contributed by atoms with van der Waals surface area (Å²) >= 11 is 0. The third-order valence-corrected chi connectivity index (χ3v) is 3.25. The maximum absolute atomic E-state index is 11.7. The van der Waals surface area contributed by atoms with Crippen molar-refractivity contribution in [2.24, 2.45) is 18.7 Å². The molecular formula is C13H25N5O. The van der Waals surface area contributed by atoms with Crippen molar-refractivity contribution in [3.8, 4) is 0 Å². The standard InChI is InChI=1S/C13H25N5O/c1-3-11(6-8-14)4-5-13(19)15-9-7-12-16-10-18(2)17-12/h10-11H,3-9,14H2,1-2H3,(H,15,19). The zero-order chi connectivity index (χ0) is 14.1. The molecule has 0 aliphatic heterocycles. The molecule has 1 aromatic heterocycles. The van der Waals surface area contributed by atoms with Crippen LogP contribution in [0, 0.1) is 5.92 Å². The highest BCUT2D eigenvalue weighted by Crippen LogP contribution is 2.14. The first-order valence-electron chi connectivity index (χ1n) is 6.97. The van der Waals surface area contributed by atoms with Crippen LogP contribution in [0.1, 0.15) is 38.4 Å². The van der Waals surface area contributed by atoms with Crippen molar-refractivity contribution in [3.63, 3.8) is 0 Å². The minimum atomic E-state index is 0.103. The molecule has 1 amide bonds. The van der Waals surface area contributed by atoms with E-state index < -0.39 is 0 Å². The summed E-state index contributed by atoms with van der Waals surface area (Å²) in [6.45, 7) is 3.44. The molecule has 0 spiro atoms. The lowest BCUT2D eigenvalue weighted by Crippen LogP contribution is -2.26. The van der Waals surface area contributed by atoms with Crippen molar-refractivity contribution in [2.45, 2.75) is 39.0 Å². The van der Waals surface area contributed by atoms with E-state index in [2.05, 4.69) is 22.3 Å². The Balaban J connectivity index is 2.14. The maximum atomic E-state index is 11.7. The van der Waals surface area contributed by atoms with Crippen molar-refractivity contribution in [1.82, 2.24) is 20.1 Å². The van der Waals surface area contributed by atoms with Gasteiger partial charge in [0.15, 0.2) is 5.82 Å². The van der Waals surface area contributed by atoms with E-state index in [1.54, 1.807) is 11.0 Å². The van der Waals surface area contributed by atoms with Crippen LogP contribution in [0.2, 0.25) is 0 Å². The van der Waals surface area contributed by atoms with Crippen LogP contribution in [0.25, 0.3) is 0 Å². The number of hydrogen-bond acceptors (Lipinski definition) is 4. The number of nitrogens with zero attached hydrogens (tertiary/aromatic N) is 3. The Labute approximate surface area is 114 Å². The van der Waals surface area contributed by atoms with E-state index in [-0.39, 0.29) is 5.91 Å². The number of aromatic nitrogens is 3. The molecule has 3 N–H and O–H groups in total. The molecule has 0 saturated heterocycles. The highest BCUT2D eigenvalue weighted by molar-refractivity contribution is 5.75. The summed E-state index contributed by atoms with van der Waals surface area (Å²) in [6, 6.07) is 0. The highest BCUT2D eigenvalue weighted by atomic mass is 16.1. The van der Waals surface area contributed by atoms with Crippen LogP contribution >= 0.6 is 0 Å².